The highest BCUT2D eigenvalue weighted by Gasteiger charge is 2.31. The number of hydrogen-bond donors (Lipinski definition) is 0. The van der Waals surface area contributed by atoms with E-state index in [1.807, 2.05) is 31.2 Å². The molecule has 1 aliphatic rings. The Labute approximate surface area is 180 Å². The van der Waals surface area contributed by atoms with Crippen molar-refractivity contribution in [2.75, 3.05) is 0 Å². The first-order valence-electron chi connectivity index (χ1n) is 10.7. The van der Waals surface area contributed by atoms with Crippen LogP contribution in [0, 0.1) is 11.7 Å². The van der Waals surface area contributed by atoms with Gasteiger partial charge in [-0.1, -0.05) is 48.6 Å². The van der Waals surface area contributed by atoms with Crippen LogP contribution >= 0.6 is 0 Å². The quantitative estimate of drug-likeness (QED) is 0.315. The number of halogens is 5. The summed E-state index contributed by atoms with van der Waals surface area (Å²) in [4.78, 5) is 0. The third-order valence-corrected chi connectivity index (χ3v) is 5.98. The van der Waals surface area contributed by atoms with Gasteiger partial charge in [-0.2, -0.15) is 13.2 Å². The molecule has 0 aromatic heterocycles. The molecule has 1 saturated carbocycles. The second-order valence-electron chi connectivity index (χ2n) is 8.16. The Morgan fingerprint density at radius 2 is 1.61 bits per heavy atom. The average molecular weight is 434 g/mol. The molecule has 0 saturated heterocycles. The maximum Gasteiger partial charge on any atom is 0.412 e. The molecule has 2 aromatic carbocycles. The zero-order chi connectivity index (χ0) is 22.4. The predicted molar refractivity (Wildman–Crippen MR) is 115 cm³/mol. The minimum absolute atomic E-state index is 0.0991. The number of hydrogen-bond acceptors (Lipinski definition) is 0. The van der Waals surface area contributed by atoms with E-state index in [9.17, 15) is 22.0 Å². The first-order chi connectivity index (χ1) is 14.8. The van der Waals surface area contributed by atoms with E-state index in [1.165, 1.54) is 11.6 Å². The molecule has 0 unspecified atom stereocenters. The second kappa shape index (κ2) is 10.3. The van der Waals surface area contributed by atoms with Gasteiger partial charge in [0.15, 0.2) is 0 Å². The molecule has 3 rings (SSSR count). The van der Waals surface area contributed by atoms with Crippen molar-refractivity contribution >= 4 is 0 Å². The van der Waals surface area contributed by atoms with E-state index < -0.39 is 17.9 Å². The van der Waals surface area contributed by atoms with Crippen LogP contribution in [0.2, 0.25) is 0 Å². The third kappa shape index (κ3) is 6.52. The highest BCUT2D eigenvalue weighted by molar-refractivity contribution is 5.64. The van der Waals surface area contributed by atoms with E-state index in [4.69, 9.17) is 0 Å². The molecule has 1 fully saturated rings. The Kier molecular flexibility index (Phi) is 7.69. The van der Waals surface area contributed by atoms with Crippen LogP contribution in [0.15, 0.2) is 66.5 Å². The van der Waals surface area contributed by atoms with Crippen LogP contribution in [0.25, 0.3) is 11.1 Å². The zero-order valence-corrected chi connectivity index (χ0v) is 17.6. The van der Waals surface area contributed by atoms with Gasteiger partial charge in [0, 0.05) is 5.92 Å². The van der Waals surface area contributed by atoms with Gasteiger partial charge >= 0.3 is 6.18 Å². The number of alkyl halides is 3. The van der Waals surface area contributed by atoms with Crippen molar-refractivity contribution in [1.82, 2.24) is 0 Å². The molecule has 0 N–H and O–H groups in total. The van der Waals surface area contributed by atoms with Gasteiger partial charge in [-0.05, 0) is 79.7 Å². The number of benzene rings is 2. The van der Waals surface area contributed by atoms with Gasteiger partial charge in [-0.25, -0.2) is 8.78 Å². The minimum Gasteiger partial charge on any atom is -0.212 e. The van der Waals surface area contributed by atoms with Gasteiger partial charge in [0.1, 0.15) is 11.6 Å². The van der Waals surface area contributed by atoms with Crippen molar-refractivity contribution in [2.24, 2.45) is 5.92 Å². The fraction of sp³-hybridized carbons (Fsp3) is 0.385. The smallest absolute Gasteiger partial charge is 0.212 e. The molecule has 0 radical (unpaired) electrons. The lowest BCUT2D eigenvalue weighted by atomic mass is 9.77. The summed E-state index contributed by atoms with van der Waals surface area (Å²) in [6.45, 7) is 2.00. The van der Waals surface area contributed by atoms with E-state index in [0.29, 0.717) is 31.2 Å². The summed E-state index contributed by atoms with van der Waals surface area (Å²) in [5.41, 5.74) is 3.50. The molecule has 31 heavy (non-hydrogen) atoms. The topological polar surface area (TPSA) is 0 Å². The van der Waals surface area contributed by atoms with E-state index in [1.54, 1.807) is 6.07 Å². The maximum atomic E-state index is 14.8. The molecular formula is C26H27F5. The number of rotatable bonds is 6. The molecule has 0 heterocycles. The van der Waals surface area contributed by atoms with Crippen LogP contribution < -0.4 is 0 Å². The van der Waals surface area contributed by atoms with Crippen LogP contribution in [-0.4, -0.2) is 6.18 Å². The van der Waals surface area contributed by atoms with Crippen molar-refractivity contribution in [1.29, 1.82) is 0 Å². The van der Waals surface area contributed by atoms with Crippen molar-refractivity contribution in [3.8, 4) is 11.1 Å². The van der Waals surface area contributed by atoms with Crippen LogP contribution in [0.1, 0.15) is 56.1 Å². The van der Waals surface area contributed by atoms with E-state index in [2.05, 4.69) is 18.2 Å². The molecule has 1 aliphatic carbocycles. The summed E-state index contributed by atoms with van der Waals surface area (Å²) < 4.78 is 65.7. The summed E-state index contributed by atoms with van der Waals surface area (Å²) in [7, 11) is 0. The van der Waals surface area contributed by atoms with Crippen molar-refractivity contribution in [3.05, 3.63) is 83.5 Å². The summed E-state index contributed by atoms with van der Waals surface area (Å²) in [5, 5.41) is 0. The molecule has 0 bridgehead atoms. The summed E-state index contributed by atoms with van der Waals surface area (Å²) >= 11 is 0. The first kappa shape index (κ1) is 23.2. The van der Waals surface area contributed by atoms with Gasteiger partial charge in [0.25, 0.3) is 0 Å². The molecule has 0 nitrogen and oxygen atoms in total. The number of aryl methyl sites for hydroxylation is 1. The highest BCUT2D eigenvalue weighted by Crippen LogP contribution is 2.41. The molecule has 5 heteroatoms. The van der Waals surface area contributed by atoms with E-state index in [0.717, 1.165) is 24.0 Å². The standard InChI is InChI=1S/C26H27F5/c1-2-3-4-5-18-6-8-19(9-7-18)22-14-15-23(24(27)16-22)20-10-12-21(13-11-20)25(28)17-26(29,30)31/h2-3,6-9,14-17,20-21H,4-5,10-13H2,1H3/b3-2+,25-17-. The summed E-state index contributed by atoms with van der Waals surface area (Å²) in [5.74, 6) is -2.26. The van der Waals surface area contributed by atoms with Crippen LogP contribution in [0.5, 0.6) is 0 Å². The molecule has 166 valence electrons. The summed E-state index contributed by atoms with van der Waals surface area (Å²) in [6.07, 6.45) is 2.72. The number of allylic oxidation sites excluding steroid dienone is 4. The normalized spacial score (nSPS) is 20.4. The average Bonchev–Trinajstić information content (AvgIpc) is 2.73. The Hall–Kier alpha value is -2.43. The van der Waals surface area contributed by atoms with E-state index in [-0.39, 0.29) is 17.8 Å². The van der Waals surface area contributed by atoms with Gasteiger partial charge in [-0.3, -0.25) is 0 Å². The molecule has 2 aromatic rings. The Balaban J connectivity index is 1.64. The zero-order valence-electron chi connectivity index (χ0n) is 17.6. The Morgan fingerprint density at radius 3 is 2.19 bits per heavy atom. The monoisotopic (exact) mass is 434 g/mol. The SMILES string of the molecule is C/C=C/CCc1ccc(-c2ccc(C3CCC(/C(F)=C/C(F)(F)F)CC3)c(F)c2)cc1. The van der Waals surface area contributed by atoms with Crippen LogP contribution in [0.4, 0.5) is 22.0 Å². The molecule has 0 spiro atoms. The fourth-order valence-electron chi connectivity index (χ4n) is 4.27. The third-order valence-electron chi connectivity index (χ3n) is 5.98. The van der Waals surface area contributed by atoms with Gasteiger partial charge in [0.05, 0.1) is 6.08 Å². The predicted octanol–water partition coefficient (Wildman–Crippen LogP) is 8.69. The lowest BCUT2D eigenvalue weighted by molar-refractivity contribution is -0.0820. The molecular weight excluding hydrogens is 407 g/mol. The lowest BCUT2D eigenvalue weighted by Crippen LogP contribution is -2.16. The second-order valence-corrected chi connectivity index (χ2v) is 8.16. The van der Waals surface area contributed by atoms with Crippen molar-refractivity contribution < 1.29 is 22.0 Å². The van der Waals surface area contributed by atoms with Crippen molar-refractivity contribution in [3.63, 3.8) is 0 Å². The molecule has 0 atom stereocenters. The van der Waals surface area contributed by atoms with E-state index >= 15 is 0 Å². The minimum atomic E-state index is -4.65. The largest absolute Gasteiger partial charge is 0.412 e. The highest BCUT2D eigenvalue weighted by atomic mass is 19.4. The van der Waals surface area contributed by atoms with Crippen molar-refractivity contribution in [2.45, 2.75) is 57.5 Å². The van der Waals surface area contributed by atoms with Crippen LogP contribution in [0.3, 0.4) is 0 Å². The fourth-order valence-corrected chi connectivity index (χ4v) is 4.27. The van der Waals surface area contributed by atoms with Gasteiger partial charge < -0.3 is 0 Å². The Bertz CT molecular complexity index is 914. The van der Waals surface area contributed by atoms with Gasteiger partial charge in [0.2, 0.25) is 0 Å². The molecule has 0 amide bonds. The first-order valence-corrected chi connectivity index (χ1v) is 10.7. The Morgan fingerprint density at radius 1 is 0.968 bits per heavy atom. The summed E-state index contributed by atoms with van der Waals surface area (Å²) in [6, 6.07) is 13.2. The lowest BCUT2D eigenvalue weighted by Gasteiger charge is -2.28. The molecule has 0 aliphatic heterocycles. The van der Waals surface area contributed by atoms with Crippen LogP contribution in [-0.2, 0) is 6.42 Å². The maximum absolute atomic E-state index is 14.8. The van der Waals surface area contributed by atoms with Gasteiger partial charge in [-0.15, -0.1) is 0 Å².